The molecule has 3 rings (SSSR count). The molecule has 1 atom stereocenters. The number of carbonyl (C=O) groups is 1. The number of carbonyl (C=O) groups excluding carboxylic acids is 1. The second kappa shape index (κ2) is 11.6. The summed E-state index contributed by atoms with van der Waals surface area (Å²) in [4.78, 5) is 13.4. The van der Waals surface area contributed by atoms with Crippen molar-refractivity contribution in [1.82, 2.24) is 10.3 Å². The molecule has 31 heavy (non-hydrogen) atoms. The molecule has 3 aromatic rings. The maximum absolute atomic E-state index is 12.4. The average Bonchev–Trinajstić information content (AvgIpc) is 3.20. The Morgan fingerprint density at radius 1 is 1.00 bits per heavy atom. The highest BCUT2D eigenvalue weighted by molar-refractivity contribution is 7.99. The summed E-state index contributed by atoms with van der Waals surface area (Å²) < 4.78 is 15.8. The molecule has 0 saturated carbocycles. The summed E-state index contributed by atoms with van der Waals surface area (Å²) in [5.74, 6) is 0.411. The molecule has 0 saturated heterocycles. The first-order valence-electron chi connectivity index (χ1n) is 10.5. The summed E-state index contributed by atoms with van der Waals surface area (Å²) in [6.07, 6.45) is 1.58. The number of aromatic nitrogens is 2. The Labute approximate surface area is 187 Å². The lowest BCUT2D eigenvalue weighted by atomic mass is 9.97. The number of hydrogen-bond donors (Lipinski definition) is 0. The van der Waals surface area contributed by atoms with Gasteiger partial charge in [0, 0.05) is 11.3 Å². The normalized spacial score (nSPS) is 12.0. The van der Waals surface area contributed by atoms with Crippen LogP contribution in [-0.4, -0.2) is 29.5 Å². The Hall–Kier alpha value is -2.80. The van der Waals surface area contributed by atoms with Crippen LogP contribution in [0.3, 0.4) is 0 Å². The van der Waals surface area contributed by atoms with Gasteiger partial charge in [-0.25, -0.2) is 4.63 Å². The SMILES string of the molecule is CC(C)Cc1ccc(C(C)C(=O)OCCCOc2nonc2Sc2ccccc2)cc1. The van der Waals surface area contributed by atoms with Gasteiger partial charge in [0.15, 0.2) is 0 Å². The van der Waals surface area contributed by atoms with Gasteiger partial charge in [-0.15, -0.1) is 0 Å². The van der Waals surface area contributed by atoms with E-state index in [-0.39, 0.29) is 18.5 Å². The first kappa shape index (κ1) is 22.9. The van der Waals surface area contributed by atoms with Gasteiger partial charge < -0.3 is 9.47 Å². The van der Waals surface area contributed by atoms with Crippen molar-refractivity contribution in [1.29, 1.82) is 0 Å². The monoisotopic (exact) mass is 440 g/mol. The Balaban J connectivity index is 1.39. The second-order valence-electron chi connectivity index (χ2n) is 7.72. The van der Waals surface area contributed by atoms with Gasteiger partial charge in [-0.3, -0.25) is 4.79 Å². The molecule has 0 aliphatic heterocycles. The van der Waals surface area contributed by atoms with Crippen molar-refractivity contribution in [2.24, 2.45) is 5.92 Å². The van der Waals surface area contributed by atoms with Crippen molar-refractivity contribution in [2.45, 2.75) is 49.5 Å². The highest BCUT2D eigenvalue weighted by Crippen LogP contribution is 2.31. The zero-order valence-corrected chi connectivity index (χ0v) is 18.9. The van der Waals surface area contributed by atoms with Crippen molar-refractivity contribution in [2.75, 3.05) is 13.2 Å². The van der Waals surface area contributed by atoms with Crippen LogP contribution in [0.25, 0.3) is 0 Å². The average molecular weight is 441 g/mol. The fraction of sp³-hybridized carbons (Fsp3) is 0.375. The van der Waals surface area contributed by atoms with Crippen LogP contribution in [0.2, 0.25) is 0 Å². The smallest absolute Gasteiger partial charge is 0.313 e. The molecule has 164 valence electrons. The molecule has 0 aliphatic carbocycles. The van der Waals surface area contributed by atoms with E-state index in [1.807, 2.05) is 49.4 Å². The van der Waals surface area contributed by atoms with Crippen LogP contribution in [0.5, 0.6) is 5.88 Å². The van der Waals surface area contributed by atoms with Crippen molar-refractivity contribution in [3.63, 3.8) is 0 Å². The highest BCUT2D eigenvalue weighted by atomic mass is 32.2. The van der Waals surface area contributed by atoms with Crippen LogP contribution in [0.15, 0.2) is 69.1 Å². The van der Waals surface area contributed by atoms with E-state index < -0.39 is 0 Å². The summed E-state index contributed by atoms with van der Waals surface area (Å²) >= 11 is 1.42. The molecule has 0 N–H and O–H groups in total. The summed E-state index contributed by atoms with van der Waals surface area (Å²) in [7, 11) is 0. The van der Waals surface area contributed by atoms with E-state index in [4.69, 9.17) is 14.1 Å². The Morgan fingerprint density at radius 2 is 1.74 bits per heavy atom. The van der Waals surface area contributed by atoms with Crippen LogP contribution >= 0.6 is 11.8 Å². The molecule has 0 amide bonds. The molecule has 0 spiro atoms. The number of esters is 1. The summed E-state index contributed by atoms with van der Waals surface area (Å²) in [5, 5.41) is 8.25. The van der Waals surface area contributed by atoms with Crippen LogP contribution in [0.4, 0.5) is 0 Å². The zero-order chi connectivity index (χ0) is 22.1. The summed E-state index contributed by atoms with van der Waals surface area (Å²) in [5.41, 5.74) is 2.24. The minimum Gasteiger partial charge on any atom is -0.473 e. The molecule has 1 heterocycles. The van der Waals surface area contributed by atoms with E-state index in [9.17, 15) is 4.79 Å². The van der Waals surface area contributed by atoms with Gasteiger partial charge in [0.1, 0.15) is 0 Å². The third kappa shape index (κ3) is 7.14. The largest absolute Gasteiger partial charge is 0.473 e. The summed E-state index contributed by atoms with van der Waals surface area (Å²) in [6, 6.07) is 18.0. The minimum atomic E-state index is -0.303. The van der Waals surface area contributed by atoms with Gasteiger partial charge in [0.25, 0.3) is 5.88 Å². The highest BCUT2D eigenvalue weighted by Gasteiger charge is 2.17. The van der Waals surface area contributed by atoms with Gasteiger partial charge in [-0.1, -0.05) is 68.1 Å². The van der Waals surface area contributed by atoms with E-state index in [2.05, 4.69) is 36.3 Å². The second-order valence-corrected chi connectivity index (χ2v) is 8.78. The van der Waals surface area contributed by atoms with Gasteiger partial charge in [0.05, 0.1) is 19.1 Å². The summed E-state index contributed by atoms with van der Waals surface area (Å²) in [6.45, 7) is 6.88. The van der Waals surface area contributed by atoms with Crippen molar-refractivity contribution in [3.05, 3.63) is 65.7 Å². The number of ether oxygens (including phenoxy) is 2. The van der Waals surface area contributed by atoms with E-state index in [0.717, 1.165) is 16.9 Å². The molecule has 1 unspecified atom stereocenters. The fourth-order valence-electron chi connectivity index (χ4n) is 3.00. The van der Waals surface area contributed by atoms with Gasteiger partial charge >= 0.3 is 5.97 Å². The minimum absolute atomic E-state index is 0.236. The third-order valence-corrected chi connectivity index (χ3v) is 5.59. The molecule has 0 radical (unpaired) electrons. The molecule has 0 fully saturated rings. The molecular formula is C24H28N2O4S. The van der Waals surface area contributed by atoms with Gasteiger partial charge in [-0.2, -0.15) is 0 Å². The topological polar surface area (TPSA) is 74.5 Å². The predicted molar refractivity (Wildman–Crippen MR) is 119 cm³/mol. The lowest BCUT2D eigenvalue weighted by molar-refractivity contribution is -0.145. The lowest BCUT2D eigenvalue weighted by Crippen LogP contribution is -2.15. The maximum atomic E-state index is 12.4. The first-order chi connectivity index (χ1) is 15.0. The van der Waals surface area contributed by atoms with Crippen molar-refractivity contribution in [3.8, 4) is 5.88 Å². The fourth-order valence-corrected chi connectivity index (χ4v) is 3.77. The van der Waals surface area contributed by atoms with E-state index in [1.54, 1.807) is 0 Å². The standard InChI is InChI=1S/C24H28N2O4S/c1-17(2)16-19-10-12-20(13-11-19)18(3)24(27)29-15-7-14-28-22-23(26-30-25-22)31-21-8-5-4-6-9-21/h4-6,8-13,17-18H,7,14-16H2,1-3H3. The molecule has 2 aromatic carbocycles. The lowest BCUT2D eigenvalue weighted by Gasteiger charge is -2.13. The Morgan fingerprint density at radius 3 is 2.45 bits per heavy atom. The maximum Gasteiger partial charge on any atom is 0.313 e. The molecule has 7 heteroatoms. The van der Waals surface area contributed by atoms with E-state index >= 15 is 0 Å². The predicted octanol–water partition coefficient (Wildman–Crippen LogP) is 5.54. The molecule has 1 aromatic heterocycles. The molecule has 0 bridgehead atoms. The number of benzene rings is 2. The number of rotatable bonds is 11. The van der Waals surface area contributed by atoms with E-state index in [1.165, 1.54) is 17.3 Å². The van der Waals surface area contributed by atoms with Crippen molar-refractivity contribution < 1.29 is 18.9 Å². The first-order valence-corrected chi connectivity index (χ1v) is 11.3. The van der Waals surface area contributed by atoms with E-state index in [0.29, 0.717) is 29.9 Å². The third-order valence-electron chi connectivity index (χ3n) is 4.64. The number of nitrogens with zero attached hydrogens (tertiary/aromatic N) is 2. The molecular weight excluding hydrogens is 412 g/mol. The van der Waals surface area contributed by atoms with Crippen LogP contribution in [0.1, 0.15) is 44.2 Å². The van der Waals surface area contributed by atoms with Gasteiger partial charge in [-0.05, 0) is 52.8 Å². The Kier molecular flexibility index (Phi) is 8.53. The van der Waals surface area contributed by atoms with Gasteiger partial charge in [0.2, 0.25) is 5.03 Å². The molecule has 0 aliphatic rings. The zero-order valence-electron chi connectivity index (χ0n) is 18.1. The van der Waals surface area contributed by atoms with Crippen LogP contribution in [-0.2, 0) is 16.0 Å². The number of hydrogen-bond acceptors (Lipinski definition) is 7. The molecule has 6 nitrogen and oxygen atoms in total. The van der Waals surface area contributed by atoms with Crippen molar-refractivity contribution >= 4 is 17.7 Å². The van der Waals surface area contributed by atoms with Crippen LogP contribution < -0.4 is 4.74 Å². The Bertz CT molecular complexity index is 942. The van der Waals surface area contributed by atoms with Crippen LogP contribution in [0, 0.1) is 5.92 Å². The quantitative estimate of drug-likeness (QED) is 0.286.